The number of thiophene rings is 1. The molecule has 2 aliphatic rings. The third-order valence-corrected chi connectivity index (χ3v) is 6.75. The molecule has 1 aliphatic heterocycles. The molecule has 27 heavy (non-hydrogen) atoms. The summed E-state index contributed by atoms with van der Waals surface area (Å²) in [5, 5.41) is 0.795. The molecule has 146 valence electrons. The van der Waals surface area contributed by atoms with Crippen LogP contribution in [0.5, 0.6) is 0 Å². The van der Waals surface area contributed by atoms with Gasteiger partial charge in [-0.2, -0.15) is 0 Å². The molecule has 0 atom stereocenters. The fraction of sp³-hybridized carbons (Fsp3) is 0.650. The molecule has 7 heteroatoms. The van der Waals surface area contributed by atoms with E-state index in [1.54, 1.807) is 22.8 Å². The molecule has 1 fully saturated rings. The molecule has 0 amide bonds. The fourth-order valence-corrected chi connectivity index (χ4v) is 5.48. The van der Waals surface area contributed by atoms with Crippen LogP contribution in [0.1, 0.15) is 55.3 Å². The van der Waals surface area contributed by atoms with Gasteiger partial charge < -0.3 is 4.74 Å². The lowest BCUT2D eigenvalue weighted by atomic mass is 9.97. The highest BCUT2D eigenvalue weighted by atomic mass is 32.1. The lowest BCUT2D eigenvalue weighted by molar-refractivity contribution is -0.143. The number of hydrogen-bond acceptors (Lipinski definition) is 6. The zero-order valence-electron chi connectivity index (χ0n) is 16.0. The number of fused-ring (bicyclic) bond motifs is 3. The topological polar surface area (TPSA) is 64.4 Å². The van der Waals surface area contributed by atoms with Crippen molar-refractivity contribution in [1.29, 1.82) is 0 Å². The smallest absolute Gasteiger partial charge is 0.307 e. The van der Waals surface area contributed by atoms with E-state index in [1.807, 2.05) is 0 Å². The number of hydrogen-bond donors (Lipinski definition) is 0. The average Bonchev–Trinajstić information content (AvgIpc) is 3.28. The first-order chi connectivity index (χ1) is 13.2. The first-order valence-corrected chi connectivity index (χ1v) is 10.9. The normalized spacial score (nSPS) is 17.4. The maximum absolute atomic E-state index is 13.4. The van der Waals surface area contributed by atoms with Gasteiger partial charge >= 0.3 is 5.97 Å². The quantitative estimate of drug-likeness (QED) is 0.711. The zero-order chi connectivity index (χ0) is 18.8. The number of rotatable bonds is 6. The predicted octanol–water partition coefficient (Wildman–Crippen LogP) is 2.89. The second-order valence-corrected chi connectivity index (χ2v) is 8.50. The van der Waals surface area contributed by atoms with Gasteiger partial charge in [-0.1, -0.05) is 0 Å². The zero-order valence-corrected chi connectivity index (χ0v) is 16.8. The number of aromatic nitrogens is 2. The van der Waals surface area contributed by atoms with Gasteiger partial charge in [0.15, 0.2) is 0 Å². The van der Waals surface area contributed by atoms with Gasteiger partial charge in [-0.05, 0) is 64.1 Å². The third-order valence-electron chi connectivity index (χ3n) is 5.56. The number of esters is 1. The van der Waals surface area contributed by atoms with Crippen molar-refractivity contribution in [3.05, 3.63) is 26.6 Å². The van der Waals surface area contributed by atoms with Crippen LogP contribution in [0.4, 0.5) is 0 Å². The van der Waals surface area contributed by atoms with Crippen LogP contribution in [0.3, 0.4) is 0 Å². The van der Waals surface area contributed by atoms with Gasteiger partial charge in [0.1, 0.15) is 10.7 Å². The lowest BCUT2D eigenvalue weighted by Crippen LogP contribution is -2.31. The first-order valence-electron chi connectivity index (χ1n) is 10.1. The summed E-state index contributed by atoms with van der Waals surface area (Å²) < 4.78 is 6.79. The molecule has 4 rings (SSSR count). The SMILES string of the molecule is CCOC(=O)CCn1c(CN2CCCC2)nc2sc3c(c2c1=O)CCCC3. The van der Waals surface area contributed by atoms with E-state index in [9.17, 15) is 9.59 Å². The minimum absolute atomic E-state index is 0.0258. The van der Waals surface area contributed by atoms with Crippen molar-refractivity contribution in [1.82, 2.24) is 14.5 Å². The van der Waals surface area contributed by atoms with Crippen LogP contribution >= 0.6 is 11.3 Å². The Bertz CT molecular complexity index is 896. The monoisotopic (exact) mass is 389 g/mol. The maximum Gasteiger partial charge on any atom is 0.307 e. The maximum atomic E-state index is 13.4. The van der Waals surface area contributed by atoms with Crippen LogP contribution in [0.2, 0.25) is 0 Å². The van der Waals surface area contributed by atoms with Crippen molar-refractivity contribution < 1.29 is 9.53 Å². The number of nitrogens with zero attached hydrogens (tertiary/aromatic N) is 3. The van der Waals surface area contributed by atoms with E-state index in [0.717, 1.165) is 48.4 Å². The largest absolute Gasteiger partial charge is 0.466 e. The van der Waals surface area contributed by atoms with Crippen molar-refractivity contribution in [2.24, 2.45) is 0 Å². The van der Waals surface area contributed by atoms with E-state index in [1.165, 1.54) is 29.7 Å². The van der Waals surface area contributed by atoms with Gasteiger partial charge in [-0.25, -0.2) is 4.98 Å². The van der Waals surface area contributed by atoms with E-state index < -0.39 is 0 Å². The Balaban J connectivity index is 1.74. The molecule has 0 spiro atoms. The van der Waals surface area contributed by atoms with Crippen molar-refractivity contribution in [2.45, 2.75) is 65.0 Å². The summed E-state index contributed by atoms with van der Waals surface area (Å²) in [6, 6.07) is 0. The highest BCUT2D eigenvalue weighted by Gasteiger charge is 2.23. The summed E-state index contributed by atoms with van der Waals surface area (Å²) >= 11 is 1.69. The Morgan fingerprint density at radius 3 is 2.74 bits per heavy atom. The minimum atomic E-state index is -0.260. The Kier molecular flexibility index (Phi) is 5.59. The van der Waals surface area contributed by atoms with Gasteiger partial charge in [0.05, 0.1) is 25.0 Å². The van der Waals surface area contributed by atoms with Crippen molar-refractivity contribution in [3.8, 4) is 0 Å². The van der Waals surface area contributed by atoms with Crippen LogP contribution < -0.4 is 5.56 Å². The van der Waals surface area contributed by atoms with E-state index in [2.05, 4.69) is 4.90 Å². The third kappa shape index (κ3) is 3.80. The van der Waals surface area contributed by atoms with Gasteiger partial charge in [0, 0.05) is 11.4 Å². The minimum Gasteiger partial charge on any atom is -0.466 e. The highest BCUT2D eigenvalue weighted by Crippen LogP contribution is 2.34. The molecule has 2 aromatic rings. The van der Waals surface area contributed by atoms with Crippen LogP contribution in [-0.2, 0) is 35.5 Å². The molecule has 1 saturated heterocycles. The van der Waals surface area contributed by atoms with E-state index in [0.29, 0.717) is 19.7 Å². The average molecular weight is 390 g/mol. The molecule has 0 aromatic carbocycles. The summed E-state index contributed by atoms with van der Waals surface area (Å²) in [6.45, 7) is 5.28. The Labute approximate surface area is 163 Å². The number of carbonyl (C=O) groups excluding carboxylic acids is 1. The fourth-order valence-electron chi connectivity index (χ4n) is 4.21. The molecule has 0 saturated carbocycles. The number of aryl methyl sites for hydroxylation is 2. The lowest BCUT2D eigenvalue weighted by Gasteiger charge is -2.18. The molecule has 0 N–H and O–H groups in total. The molecule has 6 nitrogen and oxygen atoms in total. The first kappa shape index (κ1) is 18.6. The molecule has 2 aromatic heterocycles. The second kappa shape index (κ2) is 8.10. The second-order valence-electron chi connectivity index (χ2n) is 7.41. The van der Waals surface area contributed by atoms with E-state index >= 15 is 0 Å². The van der Waals surface area contributed by atoms with Gasteiger partial charge in [0.2, 0.25) is 0 Å². The van der Waals surface area contributed by atoms with Crippen molar-refractivity contribution in [3.63, 3.8) is 0 Å². The summed E-state index contributed by atoms with van der Waals surface area (Å²) in [7, 11) is 0. The molecular weight excluding hydrogens is 362 g/mol. The molecule has 1 aliphatic carbocycles. The van der Waals surface area contributed by atoms with Crippen LogP contribution in [0, 0.1) is 0 Å². The molecule has 3 heterocycles. The van der Waals surface area contributed by atoms with Gasteiger partial charge in [0.25, 0.3) is 5.56 Å². The summed E-state index contributed by atoms with van der Waals surface area (Å²) in [5.41, 5.74) is 1.23. The number of ether oxygens (including phenoxy) is 1. The van der Waals surface area contributed by atoms with E-state index in [-0.39, 0.29) is 17.9 Å². The molecular formula is C20H27N3O3S. The molecule has 0 radical (unpaired) electrons. The predicted molar refractivity (Wildman–Crippen MR) is 106 cm³/mol. The Hall–Kier alpha value is -1.73. The summed E-state index contributed by atoms with van der Waals surface area (Å²) in [6.07, 6.45) is 6.95. The van der Waals surface area contributed by atoms with Crippen LogP contribution in [-0.4, -0.2) is 40.1 Å². The Morgan fingerprint density at radius 2 is 1.96 bits per heavy atom. The highest BCUT2D eigenvalue weighted by molar-refractivity contribution is 7.18. The standard InChI is InChI=1S/C20H27N3O3S/c1-2-26-17(24)9-12-23-16(13-22-10-5-6-11-22)21-19-18(20(23)25)14-7-3-4-8-15(14)27-19/h2-13H2,1H3. The van der Waals surface area contributed by atoms with Gasteiger partial charge in [-0.3, -0.25) is 19.1 Å². The van der Waals surface area contributed by atoms with Crippen molar-refractivity contribution >= 4 is 27.5 Å². The Morgan fingerprint density at radius 1 is 1.19 bits per heavy atom. The molecule has 0 unspecified atom stereocenters. The molecule has 0 bridgehead atoms. The van der Waals surface area contributed by atoms with E-state index in [4.69, 9.17) is 9.72 Å². The van der Waals surface area contributed by atoms with Crippen LogP contribution in [0.15, 0.2) is 4.79 Å². The number of carbonyl (C=O) groups is 1. The van der Waals surface area contributed by atoms with Crippen LogP contribution in [0.25, 0.3) is 10.2 Å². The van der Waals surface area contributed by atoms with Gasteiger partial charge in [-0.15, -0.1) is 11.3 Å². The summed E-state index contributed by atoms with van der Waals surface area (Å²) in [4.78, 5) is 34.7. The summed E-state index contributed by atoms with van der Waals surface area (Å²) in [5.74, 6) is 0.529. The number of likely N-dealkylation sites (tertiary alicyclic amines) is 1. The van der Waals surface area contributed by atoms with Crippen molar-refractivity contribution in [2.75, 3.05) is 19.7 Å².